The van der Waals surface area contributed by atoms with Crippen LogP contribution in [-0.2, 0) is 6.18 Å². The summed E-state index contributed by atoms with van der Waals surface area (Å²) in [7, 11) is 0. The molecular weight excluding hydrogens is 205 g/mol. The van der Waals surface area contributed by atoms with Crippen molar-refractivity contribution in [2.45, 2.75) is 19.0 Å². The molecule has 0 bridgehead atoms. The molecule has 82 valence electrons. The van der Waals surface area contributed by atoms with Crippen molar-refractivity contribution in [2.75, 3.05) is 0 Å². The Morgan fingerprint density at radius 1 is 1.40 bits per heavy atom. The van der Waals surface area contributed by atoms with Gasteiger partial charge in [0.05, 0.1) is 11.4 Å². The van der Waals surface area contributed by atoms with E-state index in [-0.39, 0.29) is 5.84 Å². The molecule has 0 amide bonds. The molecule has 5 heteroatoms. The Bertz CT molecular complexity index is 371. The number of amidine groups is 1. The molecule has 0 heterocycles. The summed E-state index contributed by atoms with van der Waals surface area (Å²) in [6.45, 7) is 1.60. The average Bonchev–Trinajstić information content (AvgIpc) is 2.15. The molecule has 1 unspecified atom stereocenters. The maximum atomic E-state index is 12.3. The topological polar surface area (TPSA) is 49.9 Å². The van der Waals surface area contributed by atoms with Crippen molar-refractivity contribution in [1.82, 2.24) is 0 Å². The standard InChI is InChI=1S/C10H11F3N2/c1-6(9(14)15)7-3-2-4-8(5-7)10(11,12)13/h2-6H,1H3,(H3,14,15). The van der Waals surface area contributed by atoms with Gasteiger partial charge >= 0.3 is 6.18 Å². The van der Waals surface area contributed by atoms with Crippen LogP contribution in [0.15, 0.2) is 24.3 Å². The second-order valence-corrected chi connectivity index (χ2v) is 3.30. The lowest BCUT2D eigenvalue weighted by molar-refractivity contribution is -0.137. The molecule has 0 saturated heterocycles. The molecule has 15 heavy (non-hydrogen) atoms. The van der Waals surface area contributed by atoms with Gasteiger partial charge in [0, 0.05) is 5.92 Å². The van der Waals surface area contributed by atoms with E-state index in [4.69, 9.17) is 11.1 Å². The van der Waals surface area contributed by atoms with Crippen LogP contribution in [0.5, 0.6) is 0 Å². The summed E-state index contributed by atoms with van der Waals surface area (Å²) < 4.78 is 37.0. The van der Waals surface area contributed by atoms with E-state index in [0.717, 1.165) is 12.1 Å². The second kappa shape index (κ2) is 3.92. The van der Waals surface area contributed by atoms with Crippen LogP contribution in [0.3, 0.4) is 0 Å². The van der Waals surface area contributed by atoms with Gasteiger partial charge in [-0.2, -0.15) is 13.2 Å². The normalized spacial score (nSPS) is 13.6. The fourth-order valence-electron chi connectivity index (χ4n) is 1.16. The third-order valence-electron chi connectivity index (χ3n) is 2.18. The molecule has 1 aromatic rings. The smallest absolute Gasteiger partial charge is 0.387 e. The highest BCUT2D eigenvalue weighted by Gasteiger charge is 2.30. The fraction of sp³-hybridized carbons (Fsp3) is 0.300. The first-order valence-electron chi connectivity index (χ1n) is 4.33. The first-order chi connectivity index (χ1) is 6.82. The lowest BCUT2D eigenvalue weighted by Gasteiger charge is -2.12. The maximum Gasteiger partial charge on any atom is 0.416 e. The predicted molar refractivity (Wildman–Crippen MR) is 51.8 cm³/mol. The molecule has 0 aliphatic heterocycles. The lowest BCUT2D eigenvalue weighted by atomic mass is 9.98. The van der Waals surface area contributed by atoms with Gasteiger partial charge in [-0.15, -0.1) is 0 Å². The van der Waals surface area contributed by atoms with Crippen molar-refractivity contribution >= 4 is 5.84 Å². The van der Waals surface area contributed by atoms with Gasteiger partial charge < -0.3 is 5.73 Å². The van der Waals surface area contributed by atoms with E-state index >= 15 is 0 Å². The van der Waals surface area contributed by atoms with E-state index in [1.165, 1.54) is 12.1 Å². The molecule has 0 aliphatic rings. The van der Waals surface area contributed by atoms with E-state index in [2.05, 4.69) is 0 Å². The summed E-state index contributed by atoms with van der Waals surface area (Å²) >= 11 is 0. The highest BCUT2D eigenvalue weighted by atomic mass is 19.4. The van der Waals surface area contributed by atoms with Gasteiger partial charge in [-0.3, -0.25) is 5.41 Å². The summed E-state index contributed by atoms with van der Waals surface area (Å²) in [5.41, 5.74) is 4.91. The van der Waals surface area contributed by atoms with Crippen LogP contribution in [0.4, 0.5) is 13.2 Å². The maximum absolute atomic E-state index is 12.3. The van der Waals surface area contributed by atoms with Crippen LogP contribution >= 0.6 is 0 Å². The Balaban J connectivity index is 3.08. The number of hydrogen-bond acceptors (Lipinski definition) is 1. The molecule has 0 aliphatic carbocycles. The quantitative estimate of drug-likeness (QED) is 0.579. The molecule has 1 atom stereocenters. The molecular formula is C10H11F3N2. The van der Waals surface area contributed by atoms with Crippen LogP contribution in [0.1, 0.15) is 24.0 Å². The minimum absolute atomic E-state index is 0.144. The number of nitrogens with one attached hydrogen (secondary N) is 1. The number of halogens is 3. The number of nitrogens with two attached hydrogens (primary N) is 1. The summed E-state index contributed by atoms with van der Waals surface area (Å²) in [6.07, 6.45) is -4.35. The van der Waals surface area contributed by atoms with Gasteiger partial charge in [0.15, 0.2) is 0 Å². The van der Waals surface area contributed by atoms with Gasteiger partial charge in [-0.25, -0.2) is 0 Å². The van der Waals surface area contributed by atoms with E-state index in [1.54, 1.807) is 6.92 Å². The monoisotopic (exact) mass is 216 g/mol. The van der Waals surface area contributed by atoms with Crippen LogP contribution in [0, 0.1) is 5.41 Å². The molecule has 2 nitrogen and oxygen atoms in total. The number of hydrogen-bond donors (Lipinski definition) is 2. The third-order valence-corrected chi connectivity index (χ3v) is 2.18. The van der Waals surface area contributed by atoms with E-state index in [0.29, 0.717) is 5.56 Å². The minimum atomic E-state index is -4.35. The molecule has 1 aromatic carbocycles. The van der Waals surface area contributed by atoms with Crippen molar-refractivity contribution in [3.8, 4) is 0 Å². The van der Waals surface area contributed by atoms with Gasteiger partial charge in [0.1, 0.15) is 0 Å². The first-order valence-corrected chi connectivity index (χ1v) is 4.33. The van der Waals surface area contributed by atoms with E-state index < -0.39 is 17.7 Å². The second-order valence-electron chi connectivity index (χ2n) is 3.30. The van der Waals surface area contributed by atoms with Crippen molar-refractivity contribution in [3.63, 3.8) is 0 Å². The summed E-state index contributed by atoms with van der Waals surface area (Å²) in [5.74, 6) is -0.637. The highest BCUT2D eigenvalue weighted by molar-refractivity contribution is 5.84. The van der Waals surface area contributed by atoms with Crippen molar-refractivity contribution in [1.29, 1.82) is 5.41 Å². The van der Waals surface area contributed by atoms with Crippen molar-refractivity contribution < 1.29 is 13.2 Å². The van der Waals surface area contributed by atoms with Gasteiger partial charge in [0.25, 0.3) is 0 Å². The largest absolute Gasteiger partial charge is 0.416 e. The van der Waals surface area contributed by atoms with Gasteiger partial charge in [-0.05, 0) is 11.6 Å². The predicted octanol–water partition coefficient (Wildman–Crippen LogP) is 2.74. The minimum Gasteiger partial charge on any atom is -0.387 e. The Morgan fingerprint density at radius 2 is 2.00 bits per heavy atom. The van der Waals surface area contributed by atoms with Crippen LogP contribution in [0.2, 0.25) is 0 Å². The summed E-state index contributed by atoms with van der Waals surface area (Å²) in [5, 5.41) is 7.16. The van der Waals surface area contributed by atoms with Gasteiger partial charge in [-0.1, -0.05) is 25.1 Å². The van der Waals surface area contributed by atoms with Crippen molar-refractivity contribution in [2.24, 2.45) is 5.73 Å². The highest BCUT2D eigenvalue weighted by Crippen LogP contribution is 2.30. The Morgan fingerprint density at radius 3 is 2.47 bits per heavy atom. The zero-order chi connectivity index (χ0) is 11.6. The number of rotatable bonds is 2. The zero-order valence-corrected chi connectivity index (χ0v) is 8.10. The van der Waals surface area contributed by atoms with E-state index in [9.17, 15) is 13.2 Å². The molecule has 0 aromatic heterocycles. The summed E-state index contributed by atoms with van der Waals surface area (Å²) in [4.78, 5) is 0. The van der Waals surface area contributed by atoms with Crippen LogP contribution in [-0.4, -0.2) is 5.84 Å². The molecule has 0 saturated carbocycles. The van der Waals surface area contributed by atoms with Crippen LogP contribution in [0.25, 0.3) is 0 Å². The zero-order valence-electron chi connectivity index (χ0n) is 8.10. The number of alkyl halides is 3. The lowest BCUT2D eigenvalue weighted by Crippen LogP contribution is -2.18. The molecule has 0 spiro atoms. The Hall–Kier alpha value is -1.52. The molecule has 3 N–H and O–H groups in total. The molecule has 0 radical (unpaired) electrons. The molecule has 0 fully saturated rings. The third kappa shape index (κ3) is 2.71. The van der Waals surface area contributed by atoms with Crippen molar-refractivity contribution in [3.05, 3.63) is 35.4 Å². The fourth-order valence-corrected chi connectivity index (χ4v) is 1.16. The summed E-state index contributed by atoms with van der Waals surface area (Å²) in [6, 6.07) is 4.86. The Labute approximate surface area is 85.4 Å². The first kappa shape index (κ1) is 11.6. The van der Waals surface area contributed by atoms with E-state index in [1.807, 2.05) is 0 Å². The average molecular weight is 216 g/mol. The van der Waals surface area contributed by atoms with Crippen LogP contribution < -0.4 is 5.73 Å². The Kier molecular flexibility index (Phi) is 3.02. The van der Waals surface area contributed by atoms with Gasteiger partial charge in [0.2, 0.25) is 0 Å². The molecule has 1 rings (SSSR count). The SMILES string of the molecule is CC(C(=N)N)c1cccc(C(F)(F)F)c1. The number of benzene rings is 1.